The highest BCUT2D eigenvalue weighted by Crippen LogP contribution is 2.45. The summed E-state index contributed by atoms with van der Waals surface area (Å²) in [6.07, 6.45) is 1.37. The first kappa shape index (κ1) is 11.3. The zero-order valence-electron chi connectivity index (χ0n) is 10.9. The van der Waals surface area contributed by atoms with E-state index in [1.165, 1.54) is 6.42 Å². The van der Waals surface area contributed by atoms with E-state index in [9.17, 15) is 4.79 Å². The predicted octanol–water partition coefficient (Wildman–Crippen LogP) is 1.08. The van der Waals surface area contributed by atoms with Crippen molar-refractivity contribution in [2.75, 3.05) is 39.3 Å². The van der Waals surface area contributed by atoms with Crippen LogP contribution in [0, 0.1) is 11.8 Å². The van der Waals surface area contributed by atoms with E-state index in [0.29, 0.717) is 12.1 Å². The van der Waals surface area contributed by atoms with E-state index >= 15 is 0 Å². The number of piperidine rings is 1. The fourth-order valence-corrected chi connectivity index (χ4v) is 3.18. The molecule has 2 heterocycles. The summed E-state index contributed by atoms with van der Waals surface area (Å²) in [6, 6.07) is 0.896. The molecule has 0 bridgehead atoms. The van der Waals surface area contributed by atoms with Crippen LogP contribution in [0.15, 0.2) is 0 Å². The number of carbonyl (C=O) groups is 1. The third kappa shape index (κ3) is 2.15. The smallest absolute Gasteiger partial charge is 0.320 e. The Balaban J connectivity index is 1.50. The molecular weight excluding hydrogens is 214 g/mol. The Morgan fingerprint density at radius 3 is 2.12 bits per heavy atom. The molecule has 4 nitrogen and oxygen atoms in total. The number of urea groups is 1. The van der Waals surface area contributed by atoms with Crippen molar-refractivity contribution in [2.45, 2.75) is 26.3 Å². The average Bonchev–Trinajstić information content (AvgIpc) is 2.95. The second-order valence-electron chi connectivity index (χ2n) is 6.06. The Kier molecular flexibility index (Phi) is 2.77. The Morgan fingerprint density at radius 2 is 1.59 bits per heavy atom. The van der Waals surface area contributed by atoms with E-state index in [2.05, 4.69) is 23.6 Å². The lowest BCUT2D eigenvalue weighted by Crippen LogP contribution is -2.54. The Morgan fingerprint density at radius 1 is 1.00 bits per heavy atom. The summed E-state index contributed by atoms with van der Waals surface area (Å²) < 4.78 is 0. The minimum absolute atomic E-state index is 0.292. The molecule has 3 rings (SSSR count). The highest BCUT2D eigenvalue weighted by atomic mass is 16.2. The molecule has 3 aliphatic rings. The van der Waals surface area contributed by atoms with E-state index in [4.69, 9.17) is 0 Å². The summed E-state index contributed by atoms with van der Waals surface area (Å²) in [5.74, 6) is 1.69. The van der Waals surface area contributed by atoms with Crippen molar-refractivity contribution in [2.24, 2.45) is 11.8 Å². The van der Waals surface area contributed by atoms with Gasteiger partial charge < -0.3 is 9.80 Å². The molecule has 1 aliphatic carbocycles. The van der Waals surface area contributed by atoms with Gasteiger partial charge >= 0.3 is 6.03 Å². The van der Waals surface area contributed by atoms with Gasteiger partial charge in [-0.25, -0.2) is 4.79 Å². The molecule has 2 aliphatic heterocycles. The van der Waals surface area contributed by atoms with Crippen molar-refractivity contribution < 1.29 is 4.79 Å². The van der Waals surface area contributed by atoms with Gasteiger partial charge in [-0.15, -0.1) is 0 Å². The van der Waals surface area contributed by atoms with E-state index in [1.807, 2.05) is 4.90 Å². The maximum Gasteiger partial charge on any atom is 0.320 e. The van der Waals surface area contributed by atoms with Crippen LogP contribution in [0.2, 0.25) is 0 Å². The third-order valence-electron chi connectivity index (χ3n) is 4.56. The van der Waals surface area contributed by atoms with E-state index in [0.717, 1.165) is 51.1 Å². The number of likely N-dealkylation sites (tertiary alicyclic amines) is 1. The summed E-state index contributed by atoms with van der Waals surface area (Å²) in [7, 11) is 0. The summed E-state index contributed by atoms with van der Waals surface area (Å²) in [6.45, 7) is 10.4. The van der Waals surface area contributed by atoms with Crippen molar-refractivity contribution in [1.29, 1.82) is 0 Å². The van der Waals surface area contributed by atoms with Crippen LogP contribution in [-0.4, -0.2) is 66.0 Å². The lowest BCUT2D eigenvalue weighted by Gasteiger charge is -2.38. The van der Waals surface area contributed by atoms with Crippen LogP contribution in [0.3, 0.4) is 0 Å². The SMILES string of the molecule is CC(C)N1CCN(C(=O)N2CC3CC3C2)CC1. The standard InChI is InChI=1S/C13H23N3O/c1-10(2)14-3-5-15(6-4-14)13(17)16-8-11-7-12(11)9-16/h10-12H,3-9H2,1-2H3. The quantitative estimate of drug-likeness (QED) is 0.682. The lowest BCUT2D eigenvalue weighted by atomic mass is 10.2. The first-order chi connectivity index (χ1) is 8.15. The molecule has 0 N–H and O–H groups in total. The molecule has 0 radical (unpaired) electrons. The fourth-order valence-electron chi connectivity index (χ4n) is 3.18. The number of carbonyl (C=O) groups excluding carboxylic acids is 1. The molecule has 17 heavy (non-hydrogen) atoms. The maximum absolute atomic E-state index is 12.3. The molecule has 4 heteroatoms. The Labute approximate surface area is 104 Å². The molecule has 2 saturated heterocycles. The Hall–Kier alpha value is -0.770. The molecule has 1 saturated carbocycles. The Bertz CT molecular complexity index is 300. The molecular formula is C13H23N3O. The van der Waals surface area contributed by atoms with Gasteiger partial charge in [-0.2, -0.15) is 0 Å². The normalized spacial score (nSPS) is 33.1. The summed E-state index contributed by atoms with van der Waals surface area (Å²) in [5, 5.41) is 0. The van der Waals surface area contributed by atoms with Crippen molar-refractivity contribution in [3.05, 3.63) is 0 Å². The first-order valence-electron chi connectivity index (χ1n) is 6.93. The lowest BCUT2D eigenvalue weighted by molar-refractivity contribution is 0.101. The van der Waals surface area contributed by atoms with Gasteiger partial charge in [0, 0.05) is 45.3 Å². The van der Waals surface area contributed by atoms with Crippen LogP contribution in [0.1, 0.15) is 20.3 Å². The van der Waals surface area contributed by atoms with Crippen LogP contribution in [0.25, 0.3) is 0 Å². The van der Waals surface area contributed by atoms with Crippen LogP contribution in [0.4, 0.5) is 4.79 Å². The number of rotatable bonds is 1. The summed E-state index contributed by atoms with van der Waals surface area (Å²) >= 11 is 0. The largest absolute Gasteiger partial charge is 0.324 e. The van der Waals surface area contributed by atoms with Crippen LogP contribution in [0.5, 0.6) is 0 Å². The maximum atomic E-state index is 12.3. The van der Waals surface area contributed by atoms with Crippen LogP contribution in [-0.2, 0) is 0 Å². The van der Waals surface area contributed by atoms with E-state index in [1.54, 1.807) is 0 Å². The molecule has 3 fully saturated rings. The van der Waals surface area contributed by atoms with Crippen molar-refractivity contribution in [1.82, 2.24) is 14.7 Å². The number of hydrogen-bond donors (Lipinski definition) is 0. The second-order valence-corrected chi connectivity index (χ2v) is 6.06. The van der Waals surface area contributed by atoms with Gasteiger partial charge in [-0.05, 0) is 32.1 Å². The first-order valence-corrected chi connectivity index (χ1v) is 6.93. The average molecular weight is 237 g/mol. The number of piperazine rings is 1. The monoisotopic (exact) mass is 237 g/mol. The zero-order chi connectivity index (χ0) is 12.0. The zero-order valence-corrected chi connectivity index (χ0v) is 10.9. The third-order valence-corrected chi connectivity index (χ3v) is 4.56. The number of nitrogens with zero attached hydrogens (tertiary/aromatic N) is 3. The highest BCUT2D eigenvalue weighted by Gasteiger charge is 2.47. The highest BCUT2D eigenvalue weighted by molar-refractivity contribution is 5.75. The topological polar surface area (TPSA) is 26.8 Å². The molecule has 0 aromatic carbocycles. The van der Waals surface area contributed by atoms with Crippen molar-refractivity contribution >= 4 is 6.03 Å². The van der Waals surface area contributed by atoms with Crippen LogP contribution < -0.4 is 0 Å². The fraction of sp³-hybridized carbons (Fsp3) is 0.923. The molecule has 0 aromatic rings. The van der Waals surface area contributed by atoms with Gasteiger partial charge in [0.25, 0.3) is 0 Å². The summed E-state index contributed by atoms with van der Waals surface area (Å²) in [5.41, 5.74) is 0. The second kappa shape index (κ2) is 4.16. The van der Waals surface area contributed by atoms with Gasteiger partial charge in [0.05, 0.1) is 0 Å². The van der Waals surface area contributed by atoms with E-state index < -0.39 is 0 Å². The molecule has 2 amide bonds. The van der Waals surface area contributed by atoms with Gasteiger partial charge in [-0.3, -0.25) is 4.90 Å². The van der Waals surface area contributed by atoms with Gasteiger partial charge in [0.15, 0.2) is 0 Å². The molecule has 0 aromatic heterocycles. The van der Waals surface area contributed by atoms with Gasteiger partial charge in [-0.1, -0.05) is 0 Å². The van der Waals surface area contributed by atoms with Gasteiger partial charge in [0.1, 0.15) is 0 Å². The number of hydrogen-bond acceptors (Lipinski definition) is 2. The van der Waals surface area contributed by atoms with Crippen LogP contribution >= 0.6 is 0 Å². The molecule has 2 atom stereocenters. The number of fused-ring (bicyclic) bond motifs is 1. The van der Waals surface area contributed by atoms with E-state index in [-0.39, 0.29) is 0 Å². The molecule has 96 valence electrons. The number of amides is 2. The minimum Gasteiger partial charge on any atom is -0.324 e. The molecule has 2 unspecified atom stereocenters. The van der Waals surface area contributed by atoms with Gasteiger partial charge in [0.2, 0.25) is 0 Å². The predicted molar refractivity (Wildman–Crippen MR) is 66.8 cm³/mol. The summed E-state index contributed by atoms with van der Waals surface area (Å²) in [4.78, 5) is 18.8. The van der Waals surface area contributed by atoms with Crippen molar-refractivity contribution in [3.63, 3.8) is 0 Å². The minimum atomic E-state index is 0.292. The van der Waals surface area contributed by atoms with Crippen molar-refractivity contribution in [3.8, 4) is 0 Å². The molecule has 0 spiro atoms.